The summed E-state index contributed by atoms with van der Waals surface area (Å²) < 4.78 is 5.42. The minimum absolute atomic E-state index is 0.655. The fourth-order valence-electron chi connectivity index (χ4n) is 2.12. The number of fused-ring (bicyclic) bond motifs is 2. The van der Waals surface area contributed by atoms with Gasteiger partial charge in [0.2, 0.25) is 0 Å². The van der Waals surface area contributed by atoms with Gasteiger partial charge in [-0.2, -0.15) is 0 Å². The molecule has 0 amide bonds. The highest BCUT2D eigenvalue weighted by atomic mass is 16.5. The van der Waals surface area contributed by atoms with Gasteiger partial charge in [-0.05, 0) is 18.8 Å². The van der Waals surface area contributed by atoms with Gasteiger partial charge in [0.05, 0.1) is 13.2 Å². The molecule has 2 bridgehead atoms. The fourth-order valence-corrected chi connectivity index (χ4v) is 2.12. The summed E-state index contributed by atoms with van der Waals surface area (Å²) in [5.74, 6) is 0.903. The Morgan fingerprint density at radius 2 is 1.58 bits per heavy atom. The van der Waals surface area contributed by atoms with Crippen LogP contribution < -0.4 is 5.32 Å². The molecule has 0 radical (unpaired) electrons. The third-order valence-electron chi connectivity index (χ3n) is 2.48. The quantitative estimate of drug-likeness (QED) is 0.600. The van der Waals surface area contributed by atoms with Crippen molar-refractivity contribution in [3.8, 4) is 0 Å². The van der Waals surface area contributed by atoms with Gasteiger partial charge in [0.25, 0.3) is 0 Å². The van der Waals surface area contributed by atoms with Crippen LogP contribution in [0.15, 0.2) is 0 Å². The van der Waals surface area contributed by atoms with Crippen molar-refractivity contribution in [2.24, 2.45) is 5.92 Å². The minimum atomic E-state index is 0.655. The van der Waals surface area contributed by atoms with Crippen LogP contribution in [0.4, 0.5) is 0 Å². The van der Waals surface area contributed by atoms with Crippen molar-refractivity contribution >= 4 is 0 Å². The molecule has 0 saturated carbocycles. The second-order valence-corrected chi connectivity index (χ2v) is 3.67. The van der Waals surface area contributed by atoms with Gasteiger partial charge in [-0.25, -0.2) is 0 Å². The number of hydrogen-bond acceptors (Lipinski definition) is 2. The lowest BCUT2D eigenvalue weighted by atomic mass is 9.89. The van der Waals surface area contributed by atoms with E-state index < -0.39 is 0 Å². The molecular formula is C10H21NO. The third kappa shape index (κ3) is 2.46. The Hall–Kier alpha value is -0.0800. The predicted molar refractivity (Wildman–Crippen MR) is 51.3 cm³/mol. The maximum atomic E-state index is 5.42. The Balaban J connectivity index is 0.000000336. The van der Waals surface area contributed by atoms with E-state index in [1.807, 2.05) is 13.8 Å². The Bertz CT molecular complexity index is 111. The summed E-state index contributed by atoms with van der Waals surface area (Å²) in [7, 11) is 0. The van der Waals surface area contributed by atoms with Crippen LogP contribution in [0.25, 0.3) is 0 Å². The van der Waals surface area contributed by atoms with Crippen LogP contribution in [-0.2, 0) is 4.74 Å². The molecule has 0 aromatic carbocycles. The highest BCUT2D eigenvalue weighted by Crippen LogP contribution is 2.22. The van der Waals surface area contributed by atoms with Crippen molar-refractivity contribution in [2.45, 2.75) is 45.7 Å². The molecule has 72 valence electrons. The SMILES string of the molecule is CC.CC1CC2COCC(C1)N2. The predicted octanol–water partition coefficient (Wildman–Crippen LogP) is 1.80. The molecule has 2 heterocycles. The monoisotopic (exact) mass is 171 g/mol. The van der Waals surface area contributed by atoms with E-state index in [0.717, 1.165) is 19.1 Å². The molecular weight excluding hydrogens is 150 g/mol. The second-order valence-electron chi connectivity index (χ2n) is 3.67. The molecule has 0 aliphatic carbocycles. The van der Waals surface area contributed by atoms with Gasteiger partial charge in [-0.1, -0.05) is 20.8 Å². The maximum absolute atomic E-state index is 5.42. The van der Waals surface area contributed by atoms with Gasteiger partial charge in [0.1, 0.15) is 0 Å². The van der Waals surface area contributed by atoms with Crippen LogP contribution in [0.2, 0.25) is 0 Å². The van der Waals surface area contributed by atoms with Gasteiger partial charge >= 0.3 is 0 Å². The molecule has 0 spiro atoms. The molecule has 2 nitrogen and oxygen atoms in total. The lowest BCUT2D eigenvalue weighted by Gasteiger charge is -2.38. The zero-order valence-electron chi connectivity index (χ0n) is 8.47. The van der Waals surface area contributed by atoms with Crippen molar-refractivity contribution in [2.75, 3.05) is 13.2 Å². The van der Waals surface area contributed by atoms with Crippen LogP contribution in [0.3, 0.4) is 0 Å². The first kappa shape index (κ1) is 10.0. The van der Waals surface area contributed by atoms with E-state index in [4.69, 9.17) is 4.74 Å². The van der Waals surface area contributed by atoms with E-state index in [1.54, 1.807) is 0 Å². The molecule has 0 aromatic heterocycles. The summed E-state index contributed by atoms with van der Waals surface area (Å²) in [6, 6.07) is 1.31. The highest BCUT2D eigenvalue weighted by Gasteiger charge is 2.29. The van der Waals surface area contributed by atoms with Crippen molar-refractivity contribution in [1.82, 2.24) is 5.32 Å². The summed E-state index contributed by atoms with van der Waals surface area (Å²) in [5, 5.41) is 3.56. The summed E-state index contributed by atoms with van der Waals surface area (Å²) in [5.41, 5.74) is 0. The van der Waals surface area contributed by atoms with E-state index in [2.05, 4.69) is 12.2 Å². The zero-order valence-corrected chi connectivity index (χ0v) is 8.47. The first-order valence-corrected chi connectivity index (χ1v) is 5.18. The Kier molecular flexibility index (Phi) is 4.02. The lowest BCUT2D eigenvalue weighted by molar-refractivity contribution is 0.0107. The number of ether oxygens (including phenoxy) is 1. The van der Waals surface area contributed by atoms with Gasteiger partial charge < -0.3 is 10.1 Å². The molecule has 2 saturated heterocycles. The van der Waals surface area contributed by atoms with Crippen LogP contribution >= 0.6 is 0 Å². The second kappa shape index (κ2) is 4.83. The van der Waals surface area contributed by atoms with Crippen LogP contribution in [-0.4, -0.2) is 25.3 Å². The number of piperidine rings is 1. The summed E-state index contributed by atoms with van der Waals surface area (Å²) in [6.45, 7) is 8.20. The summed E-state index contributed by atoms with van der Waals surface area (Å²) in [6.07, 6.45) is 2.60. The molecule has 2 heteroatoms. The molecule has 2 rings (SSSR count). The number of nitrogens with one attached hydrogen (secondary N) is 1. The van der Waals surface area contributed by atoms with E-state index in [-0.39, 0.29) is 0 Å². The van der Waals surface area contributed by atoms with E-state index in [0.29, 0.717) is 12.1 Å². The topological polar surface area (TPSA) is 21.3 Å². The zero-order chi connectivity index (χ0) is 8.97. The molecule has 2 aliphatic rings. The van der Waals surface area contributed by atoms with Crippen molar-refractivity contribution in [3.63, 3.8) is 0 Å². The molecule has 0 aromatic rings. The minimum Gasteiger partial charge on any atom is -0.378 e. The summed E-state index contributed by atoms with van der Waals surface area (Å²) >= 11 is 0. The Morgan fingerprint density at radius 1 is 1.08 bits per heavy atom. The van der Waals surface area contributed by atoms with E-state index in [9.17, 15) is 0 Å². The summed E-state index contributed by atoms with van der Waals surface area (Å²) in [4.78, 5) is 0. The largest absolute Gasteiger partial charge is 0.378 e. The lowest BCUT2D eigenvalue weighted by Crippen LogP contribution is -2.53. The van der Waals surface area contributed by atoms with Crippen LogP contribution in [0, 0.1) is 5.92 Å². The number of rotatable bonds is 0. The average molecular weight is 171 g/mol. The smallest absolute Gasteiger partial charge is 0.0620 e. The van der Waals surface area contributed by atoms with Crippen LogP contribution in [0.1, 0.15) is 33.6 Å². The maximum Gasteiger partial charge on any atom is 0.0620 e. The first-order valence-electron chi connectivity index (χ1n) is 5.18. The molecule has 1 N–H and O–H groups in total. The van der Waals surface area contributed by atoms with Gasteiger partial charge in [0, 0.05) is 12.1 Å². The van der Waals surface area contributed by atoms with E-state index >= 15 is 0 Å². The highest BCUT2D eigenvalue weighted by molar-refractivity contribution is 4.86. The van der Waals surface area contributed by atoms with Gasteiger partial charge in [-0.3, -0.25) is 0 Å². The molecule has 2 fully saturated rings. The molecule has 12 heavy (non-hydrogen) atoms. The van der Waals surface area contributed by atoms with Crippen molar-refractivity contribution in [1.29, 1.82) is 0 Å². The number of hydrogen-bond donors (Lipinski definition) is 1. The van der Waals surface area contributed by atoms with Crippen LogP contribution in [0.5, 0.6) is 0 Å². The Morgan fingerprint density at radius 3 is 2.08 bits per heavy atom. The van der Waals surface area contributed by atoms with E-state index in [1.165, 1.54) is 12.8 Å². The first-order chi connectivity index (χ1) is 5.84. The fraction of sp³-hybridized carbons (Fsp3) is 1.00. The Labute approximate surface area is 75.7 Å². The van der Waals surface area contributed by atoms with Gasteiger partial charge in [-0.15, -0.1) is 0 Å². The standard InChI is InChI=1S/C8H15NO.C2H6/c1-6-2-7-4-10-5-8(3-6)9-7;1-2/h6-9H,2-5H2,1H3;1-2H3. The van der Waals surface area contributed by atoms with Gasteiger partial charge in [0.15, 0.2) is 0 Å². The molecule has 2 atom stereocenters. The van der Waals surface area contributed by atoms with Crippen molar-refractivity contribution in [3.05, 3.63) is 0 Å². The average Bonchev–Trinajstić information content (AvgIpc) is 2.07. The number of morpholine rings is 1. The van der Waals surface area contributed by atoms with Crippen molar-refractivity contribution < 1.29 is 4.74 Å². The normalized spacial score (nSPS) is 39.8. The molecule has 2 unspecified atom stereocenters. The molecule has 2 aliphatic heterocycles. The third-order valence-corrected chi connectivity index (χ3v) is 2.48.